The third kappa shape index (κ3) is 3.45. The number of carbonyl (C=O) groups is 2. The van der Waals surface area contributed by atoms with Crippen molar-refractivity contribution < 1.29 is 14.3 Å². The molecule has 108 valence electrons. The highest BCUT2D eigenvalue weighted by atomic mass is 32.1. The zero-order chi connectivity index (χ0) is 14.5. The summed E-state index contributed by atoms with van der Waals surface area (Å²) in [6.45, 7) is 1.19. The molecule has 0 spiro atoms. The summed E-state index contributed by atoms with van der Waals surface area (Å²) in [5.74, 6) is -0.118. The normalized spacial score (nSPS) is 15.8. The number of benzene rings is 1. The molecule has 1 aliphatic heterocycles. The summed E-state index contributed by atoms with van der Waals surface area (Å²) in [5, 5.41) is 2.99. The molecule has 0 aromatic heterocycles. The summed E-state index contributed by atoms with van der Waals surface area (Å²) < 4.78 is 4.68. The Labute approximate surface area is 123 Å². The van der Waals surface area contributed by atoms with E-state index in [1.165, 1.54) is 7.11 Å². The van der Waals surface area contributed by atoms with Gasteiger partial charge in [0.15, 0.2) is 0 Å². The second-order valence-corrected chi connectivity index (χ2v) is 5.20. The summed E-state index contributed by atoms with van der Waals surface area (Å²) in [5.41, 5.74) is 0.575. The smallest absolute Gasteiger partial charge is 0.409 e. The molecule has 1 aromatic rings. The van der Waals surface area contributed by atoms with E-state index in [0.717, 1.165) is 12.8 Å². The van der Waals surface area contributed by atoms with Gasteiger partial charge in [0.2, 0.25) is 0 Å². The van der Waals surface area contributed by atoms with Crippen molar-refractivity contribution in [2.45, 2.75) is 23.8 Å². The number of hydrogen-bond acceptors (Lipinski definition) is 4. The average Bonchev–Trinajstić information content (AvgIpc) is 2.47. The van der Waals surface area contributed by atoms with Crippen molar-refractivity contribution in [1.82, 2.24) is 10.2 Å². The van der Waals surface area contributed by atoms with Crippen LogP contribution in [-0.2, 0) is 4.74 Å². The van der Waals surface area contributed by atoms with Gasteiger partial charge in [-0.2, -0.15) is 0 Å². The second-order valence-electron chi connectivity index (χ2n) is 4.72. The Kier molecular flexibility index (Phi) is 4.89. The van der Waals surface area contributed by atoms with Crippen LogP contribution in [0.5, 0.6) is 0 Å². The number of rotatable bonds is 2. The van der Waals surface area contributed by atoms with Crippen LogP contribution < -0.4 is 5.32 Å². The van der Waals surface area contributed by atoms with Crippen LogP contribution in [0.25, 0.3) is 0 Å². The Morgan fingerprint density at radius 3 is 2.55 bits per heavy atom. The molecule has 0 atom stereocenters. The summed E-state index contributed by atoms with van der Waals surface area (Å²) in [7, 11) is 1.37. The molecule has 0 saturated carbocycles. The van der Waals surface area contributed by atoms with Crippen LogP contribution in [0.2, 0.25) is 0 Å². The van der Waals surface area contributed by atoms with Gasteiger partial charge in [-0.05, 0) is 25.0 Å². The van der Waals surface area contributed by atoms with E-state index >= 15 is 0 Å². The van der Waals surface area contributed by atoms with E-state index in [-0.39, 0.29) is 18.0 Å². The first-order valence-corrected chi connectivity index (χ1v) is 6.98. The van der Waals surface area contributed by atoms with Crippen LogP contribution in [0, 0.1) is 0 Å². The van der Waals surface area contributed by atoms with Crippen molar-refractivity contribution >= 4 is 24.6 Å². The Morgan fingerprint density at radius 2 is 1.95 bits per heavy atom. The molecule has 1 fully saturated rings. The van der Waals surface area contributed by atoms with Gasteiger partial charge in [-0.25, -0.2) is 4.79 Å². The number of amides is 2. The van der Waals surface area contributed by atoms with Gasteiger partial charge in [-0.1, -0.05) is 12.1 Å². The number of nitrogens with zero attached hydrogens (tertiary/aromatic N) is 1. The third-order valence-corrected chi connectivity index (χ3v) is 3.80. The molecular weight excluding hydrogens is 276 g/mol. The highest BCUT2D eigenvalue weighted by molar-refractivity contribution is 7.80. The highest BCUT2D eigenvalue weighted by Crippen LogP contribution is 2.15. The van der Waals surface area contributed by atoms with Gasteiger partial charge in [0.05, 0.1) is 12.7 Å². The van der Waals surface area contributed by atoms with E-state index < -0.39 is 0 Å². The standard InChI is InChI=1S/C14H18N2O3S/c1-19-14(18)16-8-6-10(7-9-16)15-13(17)11-4-2-3-5-12(11)20/h2-5,10,20H,6-9H2,1H3,(H,15,17). The monoisotopic (exact) mass is 294 g/mol. The van der Waals surface area contributed by atoms with Gasteiger partial charge in [-0.3, -0.25) is 4.79 Å². The van der Waals surface area contributed by atoms with Crippen LogP contribution in [0.1, 0.15) is 23.2 Å². The SMILES string of the molecule is COC(=O)N1CCC(NC(=O)c2ccccc2S)CC1. The molecular formula is C14H18N2O3S. The molecule has 6 heteroatoms. The molecule has 1 aromatic carbocycles. The third-order valence-electron chi connectivity index (χ3n) is 3.41. The molecule has 2 amide bonds. The highest BCUT2D eigenvalue weighted by Gasteiger charge is 2.24. The van der Waals surface area contributed by atoms with Crippen LogP contribution >= 0.6 is 12.6 Å². The fourth-order valence-electron chi connectivity index (χ4n) is 2.26. The molecule has 2 rings (SSSR count). The molecule has 0 aliphatic carbocycles. The number of piperidine rings is 1. The fraction of sp³-hybridized carbons (Fsp3) is 0.429. The van der Waals surface area contributed by atoms with E-state index in [1.807, 2.05) is 12.1 Å². The van der Waals surface area contributed by atoms with E-state index in [2.05, 4.69) is 22.7 Å². The molecule has 0 radical (unpaired) electrons. The van der Waals surface area contributed by atoms with Crippen molar-refractivity contribution in [2.24, 2.45) is 0 Å². The minimum atomic E-state index is -0.310. The Morgan fingerprint density at radius 1 is 1.30 bits per heavy atom. The van der Waals surface area contributed by atoms with E-state index in [0.29, 0.717) is 23.5 Å². The van der Waals surface area contributed by atoms with Crippen molar-refractivity contribution in [1.29, 1.82) is 0 Å². The maximum atomic E-state index is 12.1. The van der Waals surface area contributed by atoms with Gasteiger partial charge in [0.1, 0.15) is 0 Å². The van der Waals surface area contributed by atoms with Crippen molar-refractivity contribution in [2.75, 3.05) is 20.2 Å². The first-order valence-electron chi connectivity index (χ1n) is 6.53. The Balaban J connectivity index is 1.88. The quantitative estimate of drug-likeness (QED) is 0.820. The predicted molar refractivity (Wildman–Crippen MR) is 78.2 cm³/mol. The van der Waals surface area contributed by atoms with Crippen LogP contribution in [0.15, 0.2) is 29.2 Å². The van der Waals surface area contributed by atoms with Crippen molar-refractivity contribution in [3.05, 3.63) is 29.8 Å². The first kappa shape index (κ1) is 14.7. The molecule has 1 N–H and O–H groups in total. The molecule has 5 nitrogen and oxygen atoms in total. The largest absolute Gasteiger partial charge is 0.453 e. The number of hydrogen-bond donors (Lipinski definition) is 2. The molecule has 0 unspecified atom stereocenters. The van der Waals surface area contributed by atoms with Gasteiger partial charge in [0, 0.05) is 24.0 Å². The number of ether oxygens (including phenoxy) is 1. The molecule has 1 heterocycles. The van der Waals surface area contributed by atoms with Gasteiger partial charge >= 0.3 is 6.09 Å². The lowest BCUT2D eigenvalue weighted by atomic mass is 10.0. The lowest BCUT2D eigenvalue weighted by Crippen LogP contribution is -2.46. The minimum Gasteiger partial charge on any atom is -0.453 e. The first-order chi connectivity index (χ1) is 9.61. The van der Waals surface area contributed by atoms with E-state index in [1.54, 1.807) is 17.0 Å². The number of methoxy groups -OCH3 is 1. The molecule has 0 bridgehead atoms. The maximum absolute atomic E-state index is 12.1. The van der Waals surface area contributed by atoms with Crippen LogP contribution in [0.3, 0.4) is 0 Å². The van der Waals surface area contributed by atoms with Crippen molar-refractivity contribution in [3.63, 3.8) is 0 Å². The topological polar surface area (TPSA) is 58.6 Å². The van der Waals surface area contributed by atoms with Gasteiger partial charge in [-0.15, -0.1) is 12.6 Å². The lowest BCUT2D eigenvalue weighted by Gasteiger charge is -2.31. The zero-order valence-corrected chi connectivity index (χ0v) is 12.2. The van der Waals surface area contributed by atoms with Crippen LogP contribution in [-0.4, -0.2) is 43.1 Å². The lowest BCUT2D eigenvalue weighted by molar-refractivity contribution is 0.0889. The average molecular weight is 294 g/mol. The maximum Gasteiger partial charge on any atom is 0.409 e. The van der Waals surface area contributed by atoms with E-state index in [9.17, 15) is 9.59 Å². The van der Waals surface area contributed by atoms with Gasteiger partial charge in [0.25, 0.3) is 5.91 Å². The van der Waals surface area contributed by atoms with Crippen molar-refractivity contribution in [3.8, 4) is 0 Å². The number of likely N-dealkylation sites (tertiary alicyclic amines) is 1. The number of nitrogens with one attached hydrogen (secondary N) is 1. The number of thiol groups is 1. The summed E-state index contributed by atoms with van der Waals surface area (Å²) in [4.78, 5) is 25.8. The summed E-state index contributed by atoms with van der Waals surface area (Å²) in [6, 6.07) is 7.28. The summed E-state index contributed by atoms with van der Waals surface area (Å²) in [6.07, 6.45) is 1.15. The van der Waals surface area contributed by atoms with Crippen LogP contribution in [0.4, 0.5) is 4.79 Å². The minimum absolute atomic E-state index is 0.0799. The molecule has 1 aliphatic rings. The van der Waals surface area contributed by atoms with Gasteiger partial charge < -0.3 is 15.0 Å². The fourth-order valence-corrected chi connectivity index (χ4v) is 2.53. The molecule has 1 saturated heterocycles. The molecule has 20 heavy (non-hydrogen) atoms. The second kappa shape index (κ2) is 6.65. The summed E-state index contributed by atoms with van der Waals surface area (Å²) >= 11 is 4.28. The Hall–Kier alpha value is -1.69. The zero-order valence-electron chi connectivity index (χ0n) is 11.3. The van der Waals surface area contributed by atoms with E-state index in [4.69, 9.17) is 0 Å². The Bertz CT molecular complexity index is 499. The predicted octanol–water partition coefficient (Wildman–Crippen LogP) is 1.94. The number of carbonyl (C=O) groups excluding carboxylic acids is 2.